The summed E-state index contributed by atoms with van der Waals surface area (Å²) in [7, 11) is 1.52. The predicted molar refractivity (Wildman–Crippen MR) is 161 cm³/mol. The van der Waals surface area contributed by atoms with Crippen LogP contribution in [0.4, 0.5) is 15.1 Å². The maximum Gasteiger partial charge on any atom is 0.353 e. The number of carbonyl (C=O) groups is 1. The molecular weight excluding hydrogens is 559 g/mol. The summed E-state index contributed by atoms with van der Waals surface area (Å²) < 4.78 is 31.5. The zero-order valence-corrected chi connectivity index (χ0v) is 24.6. The lowest BCUT2D eigenvalue weighted by Crippen LogP contribution is -2.32. The number of rotatable bonds is 8. The van der Waals surface area contributed by atoms with E-state index < -0.39 is 10.9 Å². The lowest BCUT2D eigenvalue weighted by Gasteiger charge is -2.33. The Balaban J connectivity index is 1.54. The molecule has 0 spiro atoms. The molecule has 42 heavy (non-hydrogen) atoms. The molecule has 10 heteroatoms. The normalized spacial score (nSPS) is 13.4. The second-order valence-electron chi connectivity index (χ2n) is 10.5. The minimum Gasteiger partial charge on any atom is -0.496 e. The number of nitrogens with one attached hydrogen (secondary N) is 1. The number of fused-ring (bicyclic) bond motifs is 1. The molecule has 1 aromatic heterocycles. The van der Waals surface area contributed by atoms with Gasteiger partial charge in [-0.3, -0.25) is 10.1 Å². The van der Waals surface area contributed by atoms with Crippen LogP contribution in [0.3, 0.4) is 0 Å². The van der Waals surface area contributed by atoms with E-state index >= 15 is 0 Å². The number of esters is 1. The van der Waals surface area contributed by atoms with E-state index in [-0.39, 0.29) is 33.6 Å². The SMILES string of the molecule is COc1cc(OC(=O)c2ccc([N+](=O)[O-])s2)ccc1-c1ccc2c(c1COc1cc(F)ccc1C)C(C)=CC(C)(C)N2. The summed E-state index contributed by atoms with van der Waals surface area (Å²) in [4.78, 5) is 23.2. The van der Waals surface area contributed by atoms with Gasteiger partial charge in [-0.05, 0) is 74.7 Å². The van der Waals surface area contributed by atoms with E-state index in [1.165, 1.54) is 31.4 Å². The van der Waals surface area contributed by atoms with Gasteiger partial charge in [0.2, 0.25) is 0 Å². The number of benzene rings is 3. The summed E-state index contributed by atoms with van der Waals surface area (Å²) in [5.74, 6) is 0.0426. The Morgan fingerprint density at radius 3 is 2.50 bits per heavy atom. The molecule has 1 aliphatic heterocycles. The second kappa shape index (κ2) is 11.3. The average Bonchev–Trinajstić information content (AvgIpc) is 3.44. The van der Waals surface area contributed by atoms with Crippen molar-refractivity contribution in [2.24, 2.45) is 0 Å². The Bertz CT molecular complexity index is 1740. The molecule has 0 aliphatic carbocycles. The van der Waals surface area contributed by atoms with Crippen molar-refractivity contribution < 1.29 is 28.3 Å². The number of hydrogen-bond acceptors (Lipinski definition) is 8. The third-order valence-electron chi connectivity index (χ3n) is 6.91. The first-order valence-corrected chi connectivity index (χ1v) is 13.9. The molecular formula is C32H29FN2O6S. The number of nitrogens with zero attached hydrogens (tertiary/aromatic N) is 1. The number of hydrogen-bond donors (Lipinski definition) is 1. The van der Waals surface area contributed by atoms with Crippen LogP contribution in [0.15, 0.2) is 66.7 Å². The number of allylic oxidation sites excluding steroid dienone is 1. The molecule has 1 N–H and O–H groups in total. The lowest BCUT2D eigenvalue weighted by atomic mass is 9.85. The molecule has 0 saturated carbocycles. The van der Waals surface area contributed by atoms with Crippen molar-refractivity contribution in [3.05, 3.63) is 104 Å². The van der Waals surface area contributed by atoms with E-state index in [2.05, 4.69) is 32.2 Å². The minimum absolute atomic E-state index is 0.115. The van der Waals surface area contributed by atoms with Crippen molar-refractivity contribution in [1.82, 2.24) is 0 Å². The van der Waals surface area contributed by atoms with E-state index in [1.54, 1.807) is 24.3 Å². The van der Waals surface area contributed by atoms with Crippen LogP contribution in [0.1, 0.15) is 47.1 Å². The molecule has 0 saturated heterocycles. The summed E-state index contributed by atoms with van der Waals surface area (Å²) in [6.07, 6.45) is 2.16. The largest absolute Gasteiger partial charge is 0.496 e. The van der Waals surface area contributed by atoms with Crippen molar-refractivity contribution in [1.29, 1.82) is 0 Å². The van der Waals surface area contributed by atoms with Crippen LogP contribution < -0.4 is 19.5 Å². The summed E-state index contributed by atoms with van der Waals surface area (Å²) in [5.41, 5.74) is 6.02. The number of anilines is 1. The smallest absolute Gasteiger partial charge is 0.353 e. The number of methoxy groups -OCH3 is 1. The fraction of sp³-hybridized carbons (Fsp3) is 0.219. The molecule has 4 aromatic rings. The van der Waals surface area contributed by atoms with E-state index in [1.807, 2.05) is 19.1 Å². The standard InChI is InChI=1S/C32H29FN2O6S/c1-18-6-7-20(33)14-26(18)40-17-24-22(10-11-25-30(24)19(2)16-32(3,4)34-25)23-9-8-21(15-27(23)39-5)41-31(36)28-12-13-29(42-28)35(37)38/h6-16,34H,17H2,1-5H3. The molecule has 0 radical (unpaired) electrons. The molecule has 0 amide bonds. The van der Waals surface area contributed by atoms with E-state index in [0.717, 1.165) is 50.4 Å². The van der Waals surface area contributed by atoms with Gasteiger partial charge < -0.3 is 19.5 Å². The summed E-state index contributed by atoms with van der Waals surface area (Å²) in [6.45, 7) is 8.26. The second-order valence-corrected chi connectivity index (χ2v) is 11.6. The number of ether oxygens (including phenoxy) is 3. The first kappa shape index (κ1) is 28.8. The molecule has 5 rings (SSSR count). The molecule has 0 bridgehead atoms. The lowest BCUT2D eigenvalue weighted by molar-refractivity contribution is -0.380. The van der Waals surface area contributed by atoms with Crippen LogP contribution in [0, 0.1) is 22.9 Å². The highest BCUT2D eigenvalue weighted by Gasteiger charge is 2.27. The number of thiophene rings is 1. The van der Waals surface area contributed by atoms with Gasteiger partial charge in [-0.2, -0.15) is 0 Å². The van der Waals surface area contributed by atoms with Crippen molar-refractivity contribution in [3.8, 4) is 28.4 Å². The maximum atomic E-state index is 14.0. The van der Waals surface area contributed by atoms with Gasteiger partial charge in [-0.15, -0.1) is 0 Å². The van der Waals surface area contributed by atoms with Crippen LogP contribution in [-0.4, -0.2) is 23.5 Å². The molecule has 216 valence electrons. The molecule has 2 heterocycles. The molecule has 8 nitrogen and oxygen atoms in total. The van der Waals surface area contributed by atoms with Crippen LogP contribution in [-0.2, 0) is 6.61 Å². The Morgan fingerprint density at radius 1 is 1.02 bits per heavy atom. The molecule has 0 unspecified atom stereocenters. The Hall–Kier alpha value is -4.70. The maximum absolute atomic E-state index is 14.0. The third-order valence-corrected chi connectivity index (χ3v) is 7.93. The van der Waals surface area contributed by atoms with Crippen LogP contribution in [0.25, 0.3) is 16.7 Å². The quantitative estimate of drug-likeness (QED) is 0.0959. The van der Waals surface area contributed by atoms with Gasteiger partial charge in [0.25, 0.3) is 0 Å². The first-order valence-electron chi connectivity index (χ1n) is 13.1. The zero-order valence-electron chi connectivity index (χ0n) is 23.7. The number of halogens is 1. The highest BCUT2D eigenvalue weighted by Crippen LogP contribution is 2.43. The summed E-state index contributed by atoms with van der Waals surface area (Å²) in [5, 5.41) is 14.4. The minimum atomic E-state index is -0.703. The zero-order chi connectivity index (χ0) is 30.2. The number of nitro groups is 1. The third kappa shape index (κ3) is 5.84. The predicted octanol–water partition coefficient (Wildman–Crippen LogP) is 8.19. The van der Waals surface area contributed by atoms with Gasteiger partial charge >= 0.3 is 11.0 Å². The monoisotopic (exact) mass is 588 g/mol. The van der Waals surface area contributed by atoms with Gasteiger partial charge in [-0.25, -0.2) is 9.18 Å². The number of carbonyl (C=O) groups excluding carboxylic acids is 1. The van der Waals surface area contributed by atoms with Crippen molar-refractivity contribution in [3.63, 3.8) is 0 Å². The van der Waals surface area contributed by atoms with Crippen molar-refractivity contribution in [2.75, 3.05) is 12.4 Å². The van der Waals surface area contributed by atoms with Gasteiger partial charge in [0.1, 0.15) is 34.5 Å². The average molecular weight is 589 g/mol. The molecule has 1 aliphatic rings. The fourth-order valence-electron chi connectivity index (χ4n) is 5.13. The van der Waals surface area contributed by atoms with Gasteiger partial charge in [0, 0.05) is 40.6 Å². The van der Waals surface area contributed by atoms with E-state index in [4.69, 9.17) is 14.2 Å². The first-order chi connectivity index (χ1) is 20.0. The van der Waals surface area contributed by atoms with E-state index in [0.29, 0.717) is 11.5 Å². The van der Waals surface area contributed by atoms with Crippen LogP contribution >= 0.6 is 11.3 Å². The van der Waals surface area contributed by atoms with Crippen molar-refractivity contribution >= 4 is 33.6 Å². The molecule has 3 aromatic carbocycles. The summed E-state index contributed by atoms with van der Waals surface area (Å²) in [6, 6.07) is 16.1. The van der Waals surface area contributed by atoms with Crippen LogP contribution in [0.2, 0.25) is 0 Å². The Kier molecular flexibility index (Phi) is 7.74. The highest BCUT2D eigenvalue weighted by atomic mass is 32.1. The highest BCUT2D eigenvalue weighted by molar-refractivity contribution is 7.17. The van der Waals surface area contributed by atoms with Gasteiger partial charge in [0.05, 0.1) is 17.6 Å². The number of aryl methyl sites for hydroxylation is 1. The fourth-order valence-corrected chi connectivity index (χ4v) is 5.83. The van der Waals surface area contributed by atoms with Crippen LogP contribution in [0.5, 0.6) is 17.2 Å². The van der Waals surface area contributed by atoms with Gasteiger partial charge in [-0.1, -0.05) is 29.5 Å². The Morgan fingerprint density at radius 2 is 1.79 bits per heavy atom. The Labute approximate surface area is 246 Å². The van der Waals surface area contributed by atoms with Crippen molar-refractivity contribution in [2.45, 2.75) is 39.8 Å². The topological polar surface area (TPSA) is 99.9 Å². The summed E-state index contributed by atoms with van der Waals surface area (Å²) >= 11 is 0.745. The van der Waals surface area contributed by atoms with Gasteiger partial charge in [0.15, 0.2) is 0 Å². The molecule has 0 atom stereocenters. The molecule has 0 fully saturated rings. The van der Waals surface area contributed by atoms with E-state index in [9.17, 15) is 19.3 Å².